The van der Waals surface area contributed by atoms with Gasteiger partial charge in [-0.25, -0.2) is 24.1 Å². The molecule has 4 aromatic heterocycles. The van der Waals surface area contributed by atoms with Gasteiger partial charge in [0.25, 0.3) is 5.56 Å². The van der Waals surface area contributed by atoms with E-state index in [1.54, 1.807) is 50.8 Å². The largest absolute Gasteiger partial charge is 0.490 e. The van der Waals surface area contributed by atoms with Crippen LogP contribution in [0, 0.1) is 12.5 Å². The number of hydrogen-bond donors (Lipinski definition) is 0. The molecule has 11 nitrogen and oxygen atoms in total. The van der Waals surface area contributed by atoms with Gasteiger partial charge in [0.15, 0.2) is 22.9 Å². The van der Waals surface area contributed by atoms with E-state index >= 15 is 0 Å². The van der Waals surface area contributed by atoms with Crippen molar-refractivity contribution >= 4 is 28.3 Å². The lowest BCUT2D eigenvalue weighted by Crippen LogP contribution is -2.42. The van der Waals surface area contributed by atoms with E-state index in [1.165, 1.54) is 6.07 Å². The molecule has 1 aliphatic rings. The summed E-state index contributed by atoms with van der Waals surface area (Å²) < 4.78 is 14.8. The Morgan fingerprint density at radius 3 is 2.57 bits per heavy atom. The Bertz CT molecular complexity index is 1930. The highest BCUT2D eigenvalue weighted by Gasteiger charge is 2.27. The molecule has 5 aromatic rings. The van der Waals surface area contributed by atoms with Crippen molar-refractivity contribution in [1.82, 2.24) is 29.0 Å². The number of likely N-dealkylation sites (tertiary alicyclic amines) is 1. The zero-order valence-electron chi connectivity index (χ0n) is 24.9. The van der Waals surface area contributed by atoms with E-state index in [9.17, 15) is 9.59 Å². The molecule has 1 saturated heterocycles. The van der Waals surface area contributed by atoms with Gasteiger partial charge in [-0.3, -0.25) is 9.36 Å². The van der Waals surface area contributed by atoms with Gasteiger partial charge in [-0.05, 0) is 69.4 Å². The standard InChI is InChI=1S/C33H33N7O4/c1-33(2,3)44-32(42)38-13-10-22(11-14-38)21-43-26-18-35-30(36-19-26)24-7-5-6-23(16-24)20-39-29(41)9-8-27-28-17-25(34-4)12-15-40(28)37-31(27)39/h5-9,12,15-19,22H,10-11,13-14,20-21H2,1-3H3. The van der Waals surface area contributed by atoms with Crippen LogP contribution in [0.4, 0.5) is 10.5 Å². The number of pyridine rings is 2. The van der Waals surface area contributed by atoms with Gasteiger partial charge in [0.05, 0.1) is 37.6 Å². The summed E-state index contributed by atoms with van der Waals surface area (Å²) in [5, 5.41) is 5.43. The van der Waals surface area contributed by atoms with E-state index in [-0.39, 0.29) is 11.7 Å². The fourth-order valence-electron chi connectivity index (χ4n) is 5.32. The average molecular weight is 592 g/mol. The number of piperidine rings is 1. The smallest absolute Gasteiger partial charge is 0.410 e. The van der Waals surface area contributed by atoms with Crippen LogP contribution in [-0.4, -0.2) is 60.4 Å². The van der Waals surface area contributed by atoms with Crippen molar-refractivity contribution in [1.29, 1.82) is 0 Å². The summed E-state index contributed by atoms with van der Waals surface area (Å²) in [6, 6.07) is 14.5. The number of carbonyl (C=O) groups excluding carboxylic acids is 1. The van der Waals surface area contributed by atoms with E-state index in [0.29, 0.717) is 55.1 Å². The second-order valence-electron chi connectivity index (χ2n) is 12.0. The van der Waals surface area contributed by atoms with E-state index < -0.39 is 5.60 Å². The first kappa shape index (κ1) is 28.9. The molecule has 1 aliphatic heterocycles. The van der Waals surface area contributed by atoms with Gasteiger partial charge < -0.3 is 14.4 Å². The van der Waals surface area contributed by atoms with Crippen molar-refractivity contribution in [2.75, 3.05) is 19.7 Å². The molecule has 0 spiro atoms. The summed E-state index contributed by atoms with van der Waals surface area (Å²) in [7, 11) is 0. The molecule has 0 aliphatic carbocycles. The van der Waals surface area contributed by atoms with E-state index in [1.807, 2.05) is 45.0 Å². The SMILES string of the molecule is [C-]#[N+]c1ccn2nc3c(ccc(=O)n3Cc3cccc(-c4ncc(OCC5CCN(C(=O)OC(C)(C)C)CC5)cn4)c3)c2c1. The van der Waals surface area contributed by atoms with Crippen LogP contribution in [0.3, 0.4) is 0 Å². The van der Waals surface area contributed by atoms with Gasteiger partial charge in [-0.1, -0.05) is 18.2 Å². The molecule has 1 amide bonds. The fourth-order valence-corrected chi connectivity index (χ4v) is 5.32. The number of ether oxygens (including phenoxy) is 2. The number of hydrogen-bond acceptors (Lipinski definition) is 7. The number of aromatic nitrogens is 5. The lowest BCUT2D eigenvalue weighted by molar-refractivity contribution is 0.0165. The van der Waals surface area contributed by atoms with Crippen molar-refractivity contribution in [3.63, 3.8) is 0 Å². The molecule has 44 heavy (non-hydrogen) atoms. The molecule has 0 N–H and O–H groups in total. The van der Waals surface area contributed by atoms with Crippen LogP contribution in [0.25, 0.3) is 32.8 Å². The monoisotopic (exact) mass is 591 g/mol. The predicted molar refractivity (Wildman–Crippen MR) is 166 cm³/mol. The van der Waals surface area contributed by atoms with Crippen molar-refractivity contribution in [2.45, 2.75) is 45.8 Å². The van der Waals surface area contributed by atoms with Crippen LogP contribution >= 0.6 is 0 Å². The minimum absolute atomic E-state index is 0.162. The first-order chi connectivity index (χ1) is 21.2. The Labute approximate surface area is 254 Å². The molecule has 224 valence electrons. The Morgan fingerprint density at radius 2 is 1.84 bits per heavy atom. The van der Waals surface area contributed by atoms with Crippen LogP contribution < -0.4 is 10.3 Å². The number of fused-ring (bicyclic) bond motifs is 3. The lowest BCUT2D eigenvalue weighted by atomic mass is 9.98. The van der Waals surface area contributed by atoms with Crippen molar-refractivity contribution in [3.05, 3.63) is 94.5 Å². The molecule has 0 radical (unpaired) electrons. The average Bonchev–Trinajstić information content (AvgIpc) is 3.39. The van der Waals surface area contributed by atoms with Crippen LogP contribution in [0.2, 0.25) is 0 Å². The molecule has 0 saturated carbocycles. The van der Waals surface area contributed by atoms with Crippen LogP contribution in [-0.2, 0) is 11.3 Å². The van der Waals surface area contributed by atoms with Crippen LogP contribution in [0.15, 0.2) is 71.9 Å². The van der Waals surface area contributed by atoms with E-state index in [2.05, 4.69) is 19.9 Å². The number of rotatable bonds is 6. The number of benzene rings is 1. The molecular weight excluding hydrogens is 558 g/mol. The fraction of sp³-hybridized carbons (Fsp3) is 0.333. The summed E-state index contributed by atoms with van der Waals surface area (Å²) >= 11 is 0. The summed E-state index contributed by atoms with van der Waals surface area (Å²) in [6.45, 7) is 15.1. The summed E-state index contributed by atoms with van der Waals surface area (Å²) in [6.07, 6.45) is 6.50. The first-order valence-corrected chi connectivity index (χ1v) is 14.6. The Hall–Kier alpha value is -5.24. The lowest BCUT2D eigenvalue weighted by Gasteiger charge is -2.33. The van der Waals surface area contributed by atoms with E-state index in [0.717, 1.165) is 34.9 Å². The van der Waals surface area contributed by atoms with Gasteiger partial charge in [-0.2, -0.15) is 0 Å². The molecule has 11 heteroatoms. The summed E-state index contributed by atoms with van der Waals surface area (Å²) in [5.74, 6) is 1.47. The quantitative estimate of drug-likeness (QED) is 0.232. The van der Waals surface area contributed by atoms with Crippen molar-refractivity contribution in [3.8, 4) is 17.1 Å². The third-order valence-electron chi connectivity index (χ3n) is 7.59. The molecule has 0 bridgehead atoms. The van der Waals surface area contributed by atoms with Gasteiger partial charge in [0.1, 0.15) is 5.60 Å². The highest BCUT2D eigenvalue weighted by atomic mass is 16.6. The molecule has 5 heterocycles. The second kappa shape index (κ2) is 11.8. The predicted octanol–water partition coefficient (Wildman–Crippen LogP) is 5.73. The number of nitrogens with zero attached hydrogens (tertiary/aromatic N) is 7. The third kappa shape index (κ3) is 6.24. The molecule has 1 aromatic carbocycles. The maximum atomic E-state index is 12.9. The van der Waals surface area contributed by atoms with Gasteiger partial charge in [-0.15, -0.1) is 5.10 Å². The maximum Gasteiger partial charge on any atom is 0.410 e. The summed E-state index contributed by atoms with van der Waals surface area (Å²) in [4.78, 5) is 39.5. The minimum atomic E-state index is -0.500. The first-order valence-electron chi connectivity index (χ1n) is 14.6. The van der Waals surface area contributed by atoms with Crippen LogP contribution in [0.5, 0.6) is 5.75 Å². The minimum Gasteiger partial charge on any atom is -0.490 e. The Morgan fingerprint density at radius 1 is 1.07 bits per heavy atom. The normalized spacial score (nSPS) is 14.1. The topological polar surface area (TPSA) is 108 Å². The van der Waals surface area contributed by atoms with Gasteiger partial charge in [0, 0.05) is 36.3 Å². The molecule has 0 unspecified atom stereocenters. The zero-order valence-corrected chi connectivity index (χ0v) is 24.9. The third-order valence-corrected chi connectivity index (χ3v) is 7.59. The second-order valence-corrected chi connectivity index (χ2v) is 12.0. The Balaban J connectivity index is 1.11. The van der Waals surface area contributed by atoms with Gasteiger partial charge in [0.2, 0.25) is 0 Å². The summed E-state index contributed by atoms with van der Waals surface area (Å²) in [5.41, 5.74) is 2.90. The maximum absolute atomic E-state index is 12.9. The van der Waals surface area contributed by atoms with Crippen molar-refractivity contribution < 1.29 is 14.3 Å². The van der Waals surface area contributed by atoms with Gasteiger partial charge >= 0.3 is 6.09 Å². The molecular formula is C33H33N7O4. The highest BCUT2D eigenvalue weighted by Crippen LogP contribution is 2.25. The Kier molecular flexibility index (Phi) is 7.74. The highest BCUT2D eigenvalue weighted by molar-refractivity contribution is 5.93. The van der Waals surface area contributed by atoms with Crippen molar-refractivity contribution in [2.24, 2.45) is 5.92 Å². The van der Waals surface area contributed by atoms with Crippen LogP contribution in [0.1, 0.15) is 39.2 Å². The number of amides is 1. The number of carbonyl (C=O) groups is 1. The zero-order chi connectivity index (χ0) is 30.8. The molecule has 0 atom stereocenters. The molecule has 6 rings (SSSR count). The van der Waals surface area contributed by atoms with E-state index in [4.69, 9.17) is 16.0 Å². The molecule has 1 fully saturated rings.